The lowest BCUT2D eigenvalue weighted by molar-refractivity contribution is 0.590. The van der Waals surface area contributed by atoms with Crippen molar-refractivity contribution in [2.24, 2.45) is 0 Å². The molecule has 1 nitrogen and oxygen atoms in total. The molecule has 0 spiro atoms. The first-order valence-corrected chi connectivity index (χ1v) is 8.49. The van der Waals surface area contributed by atoms with Gasteiger partial charge in [-0.05, 0) is 70.9 Å². The van der Waals surface area contributed by atoms with Gasteiger partial charge in [0.05, 0.1) is 6.04 Å². The molecule has 5 heteroatoms. The summed E-state index contributed by atoms with van der Waals surface area (Å²) in [6.45, 7) is 2.94. The van der Waals surface area contributed by atoms with Crippen molar-refractivity contribution in [3.05, 3.63) is 67.0 Å². The maximum atomic E-state index is 13.3. The summed E-state index contributed by atoms with van der Waals surface area (Å²) >= 11 is 14.5. The predicted octanol–water partition coefficient (Wildman–Crippen LogP) is 5.83. The molecule has 0 heterocycles. The Morgan fingerprint density at radius 3 is 2.48 bits per heavy atom. The Labute approximate surface area is 148 Å². The van der Waals surface area contributed by atoms with Gasteiger partial charge in [0.15, 0.2) is 0 Å². The quantitative estimate of drug-likeness (QED) is 0.580. The zero-order valence-electron chi connectivity index (χ0n) is 11.5. The van der Waals surface area contributed by atoms with Crippen molar-refractivity contribution in [2.75, 3.05) is 6.54 Å². The van der Waals surface area contributed by atoms with Crippen LogP contribution in [0.4, 0.5) is 4.39 Å². The number of hydrogen-bond donors (Lipinski definition) is 1. The highest BCUT2D eigenvalue weighted by molar-refractivity contribution is 14.1. The van der Waals surface area contributed by atoms with Gasteiger partial charge in [-0.15, -0.1) is 0 Å². The minimum Gasteiger partial charge on any atom is -0.306 e. The molecule has 2 rings (SSSR count). The predicted molar refractivity (Wildman–Crippen MR) is 95.7 cm³/mol. The molecule has 0 amide bonds. The van der Waals surface area contributed by atoms with Crippen molar-refractivity contribution in [3.8, 4) is 0 Å². The summed E-state index contributed by atoms with van der Waals surface area (Å²) in [4.78, 5) is 0. The van der Waals surface area contributed by atoms with Crippen molar-refractivity contribution in [1.29, 1.82) is 0 Å². The molecule has 21 heavy (non-hydrogen) atoms. The van der Waals surface area contributed by atoms with E-state index in [1.165, 1.54) is 12.1 Å². The van der Waals surface area contributed by atoms with E-state index >= 15 is 0 Å². The lowest BCUT2D eigenvalue weighted by Crippen LogP contribution is -2.24. The number of hydrogen-bond acceptors (Lipinski definition) is 1. The average molecular weight is 438 g/mol. The molecule has 2 aromatic carbocycles. The van der Waals surface area contributed by atoms with E-state index in [9.17, 15) is 4.39 Å². The maximum absolute atomic E-state index is 13.3. The Kier molecular flexibility index (Phi) is 6.29. The first kappa shape index (κ1) is 17.0. The molecule has 0 radical (unpaired) electrons. The smallest absolute Gasteiger partial charge is 0.124 e. The zero-order chi connectivity index (χ0) is 15.4. The van der Waals surface area contributed by atoms with Gasteiger partial charge in [-0.1, -0.05) is 42.3 Å². The highest BCUT2D eigenvalue weighted by Crippen LogP contribution is 2.32. The van der Waals surface area contributed by atoms with Gasteiger partial charge in [0, 0.05) is 13.6 Å². The van der Waals surface area contributed by atoms with Crippen LogP contribution in [0.2, 0.25) is 10.0 Å². The molecule has 2 aromatic rings. The SMILES string of the molecule is CCCNC(c1ccc(Cl)cc1Cl)c1ccc(F)cc1I. The molecular formula is C16H15Cl2FIN. The molecule has 0 saturated carbocycles. The van der Waals surface area contributed by atoms with Crippen molar-refractivity contribution in [2.45, 2.75) is 19.4 Å². The maximum Gasteiger partial charge on any atom is 0.124 e. The zero-order valence-corrected chi connectivity index (χ0v) is 15.1. The van der Waals surface area contributed by atoms with Crippen LogP contribution in [0, 0.1) is 9.39 Å². The van der Waals surface area contributed by atoms with Crippen LogP contribution in [-0.4, -0.2) is 6.54 Å². The van der Waals surface area contributed by atoms with Crippen LogP contribution < -0.4 is 5.32 Å². The van der Waals surface area contributed by atoms with Crippen molar-refractivity contribution in [3.63, 3.8) is 0 Å². The molecule has 0 aliphatic heterocycles. The number of benzene rings is 2. The number of halogens is 4. The van der Waals surface area contributed by atoms with Crippen molar-refractivity contribution < 1.29 is 4.39 Å². The molecule has 112 valence electrons. The highest BCUT2D eigenvalue weighted by atomic mass is 127. The van der Waals surface area contributed by atoms with E-state index in [1.54, 1.807) is 12.1 Å². The fraction of sp³-hybridized carbons (Fsp3) is 0.250. The molecule has 0 bridgehead atoms. The average Bonchev–Trinajstić information content (AvgIpc) is 2.42. The summed E-state index contributed by atoms with van der Waals surface area (Å²) in [5.41, 5.74) is 1.95. The second-order valence-electron chi connectivity index (χ2n) is 4.72. The summed E-state index contributed by atoms with van der Waals surface area (Å²) in [6, 6.07) is 10.2. The summed E-state index contributed by atoms with van der Waals surface area (Å²) in [5.74, 6) is -0.236. The molecule has 1 N–H and O–H groups in total. The molecule has 0 fully saturated rings. The van der Waals surface area contributed by atoms with E-state index in [-0.39, 0.29) is 11.9 Å². The normalized spacial score (nSPS) is 12.4. The third-order valence-corrected chi connectivity index (χ3v) is 4.64. The van der Waals surface area contributed by atoms with E-state index < -0.39 is 0 Å². The fourth-order valence-corrected chi connectivity index (χ4v) is 3.45. The molecule has 0 aliphatic rings. The van der Waals surface area contributed by atoms with Crippen LogP contribution in [0.3, 0.4) is 0 Å². The number of nitrogens with one attached hydrogen (secondary N) is 1. The monoisotopic (exact) mass is 437 g/mol. The van der Waals surface area contributed by atoms with Crippen molar-refractivity contribution >= 4 is 45.8 Å². The van der Waals surface area contributed by atoms with Gasteiger partial charge in [0.25, 0.3) is 0 Å². The molecule has 1 unspecified atom stereocenters. The van der Waals surface area contributed by atoms with E-state index in [2.05, 4.69) is 34.8 Å². The summed E-state index contributed by atoms with van der Waals surface area (Å²) in [6.07, 6.45) is 0.999. The van der Waals surface area contributed by atoms with E-state index in [4.69, 9.17) is 23.2 Å². The van der Waals surface area contributed by atoms with Crippen LogP contribution in [0.1, 0.15) is 30.5 Å². The summed E-state index contributed by atoms with van der Waals surface area (Å²) in [5, 5.41) is 4.68. The van der Waals surface area contributed by atoms with Gasteiger partial charge in [-0.2, -0.15) is 0 Å². The largest absolute Gasteiger partial charge is 0.306 e. The Balaban J connectivity index is 2.46. The fourth-order valence-electron chi connectivity index (χ4n) is 2.15. The molecule has 0 saturated heterocycles. The number of rotatable bonds is 5. The van der Waals surface area contributed by atoms with Crippen LogP contribution in [0.15, 0.2) is 36.4 Å². The third kappa shape index (κ3) is 4.31. The molecular weight excluding hydrogens is 423 g/mol. The first-order chi connectivity index (χ1) is 10.0. The van der Waals surface area contributed by atoms with Gasteiger partial charge < -0.3 is 5.32 Å². The van der Waals surface area contributed by atoms with Crippen LogP contribution >= 0.6 is 45.8 Å². The van der Waals surface area contributed by atoms with Gasteiger partial charge >= 0.3 is 0 Å². The Hall–Kier alpha value is -0.360. The summed E-state index contributed by atoms with van der Waals surface area (Å²) in [7, 11) is 0. The van der Waals surface area contributed by atoms with Gasteiger partial charge in [0.1, 0.15) is 5.82 Å². The lowest BCUT2D eigenvalue weighted by Gasteiger charge is -2.22. The second-order valence-corrected chi connectivity index (χ2v) is 6.72. The van der Waals surface area contributed by atoms with E-state index in [0.29, 0.717) is 10.0 Å². The van der Waals surface area contributed by atoms with Crippen LogP contribution in [0.5, 0.6) is 0 Å². The minimum atomic E-state index is -0.236. The standard InChI is InChI=1S/C16H15Cl2FIN/c1-2-7-21-16(12-5-3-10(17)8-14(12)18)13-6-4-11(19)9-15(13)20/h3-6,8-9,16,21H,2,7H2,1H3. The third-order valence-electron chi connectivity index (χ3n) is 3.15. The van der Waals surface area contributed by atoms with Crippen LogP contribution in [-0.2, 0) is 0 Å². The van der Waals surface area contributed by atoms with E-state index in [1.807, 2.05) is 12.1 Å². The Morgan fingerprint density at radius 1 is 1.14 bits per heavy atom. The topological polar surface area (TPSA) is 12.0 Å². The minimum absolute atomic E-state index is 0.0813. The highest BCUT2D eigenvalue weighted by Gasteiger charge is 2.19. The van der Waals surface area contributed by atoms with Crippen molar-refractivity contribution in [1.82, 2.24) is 5.32 Å². The van der Waals surface area contributed by atoms with Gasteiger partial charge in [-0.3, -0.25) is 0 Å². The molecule has 1 atom stereocenters. The first-order valence-electron chi connectivity index (χ1n) is 6.66. The van der Waals surface area contributed by atoms with Crippen LogP contribution in [0.25, 0.3) is 0 Å². The second kappa shape index (κ2) is 7.77. The lowest BCUT2D eigenvalue weighted by atomic mass is 9.98. The van der Waals surface area contributed by atoms with E-state index in [0.717, 1.165) is 27.7 Å². The Morgan fingerprint density at radius 2 is 1.86 bits per heavy atom. The van der Waals surface area contributed by atoms with Gasteiger partial charge in [-0.25, -0.2) is 4.39 Å². The van der Waals surface area contributed by atoms with Gasteiger partial charge in [0.2, 0.25) is 0 Å². The molecule has 0 aliphatic carbocycles. The summed E-state index contributed by atoms with van der Waals surface area (Å²) < 4.78 is 14.2. The Bertz CT molecular complexity index is 582. The molecule has 0 aromatic heterocycles.